The molecule has 0 aliphatic carbocycles. The highest BCUT2D eigenvalue weighted by atomic mass is 35.5. The zero-order valence-corrected chi connectivity index (χ0v) is 8.63. The number of pyridine rings is 1. The normalized spacial score (nSPS) is 21.9. The van der Waals surface area contributed by atoms with Gasteiger partial charge in [-0.3, -0.25) is 0 Å². The van der Waals surface area contributed by atoms with Gasteiger partial charge in [0.1, 0.15) is 11.3 Å². The number of halogens is 1. The van der Waals surface area contributed by atoms with Crippen LogP contribution in [0.15, 0.2) is 18.2 Å². The molecule has 1 fully saturated rings. The van der Waals surface area contributed by atoms with E-state index in [0.717, 1.165) is 25.9 Å². The summed E-state index contributed by atoms with van der Waals surface area (Å²) in [5, 5.41) is 3.76. The topological polar surface area (TPSA) is 34.1 Å². The van der Waals surface area contributed by atoms with Crippen LogP contribution in [0, 0.1) is 0 Å². The van der Waals surface area contributed by atoms with E-state index in [2.05, 4.69) is 10.3 Å². The van der Waals surface area contributed by atoms with E-state index in [0.29, 0.717) is 11.0 Å². The van der Waals surface area contributed by atoms with Crippen LogP contribution in [-0.4, -0.2) is 24.2 Å². The Morgan fingerprint density at radius 3 is 3.14 bits per heavy atom. The van der Waals surface area contributed by atoms with Gasteiger partial charge in [-0.2, -0.15) is 0 Å². The average Bonchev–Trinajstić information content (AvgIpc) is 2.19. The van der Waals surface area contributed by atoms with E-state index in [1.54, 1.807) is 6.07 Å². The summed E-state index contributed by atoms with van der Waals surface area (Å²) in [6.07, 6.45) is 2.47. The van der Waals surface area contributed by atoms with Gasteiger partial charge < -0.3 is 10.1 Å². The summed E-state index contributed by atoms with van der Waals surface area (Å²) >= 11 is 5.76. The fourth-order valence-electron chi connectivity index (χ4n) is 1.55. The van der Waals surface area contributed by atoms with E-state index in [4.69, 9.17) is 16.3 Å². The molecule has 4 heteroatoms. The molecule has 2 heterocycles. The van der Waals surface area contributed by atoms with Crippen LogP contribution in [0.3, 0.4) is 0 Å². The van der Waals surface area contributed by atoms with Crippen LogP contribution in [0.2, 0.25) is 5.15 Å². The molecule has 0 spiro atoms. The van der Waals surface area contributed by atoms with Gasteiger partial charge in [-0.25, -0.2) is 4.98 Å². The Kier molecular flexibility index (Phi) is 3.22. The van der Waals surface area contributed by atoms with Crippen LogP contribution >= 0.6 is 11.6 Å². The average molecular weight is 213 g/mol. The molecule has 2 rings (SSSR count). The van der Waals surface area contributed by atoms with E-state index in [1.165, 1.54) is 0 Å². The van der Waals surface area contributed by atoms with Crippen molar-refractivity contribution in [2.24, 2.45) is 0 Å². The minimum Gasteiger partial charge on any atom is -0.473 e. The number of piperidine rings is 1. The lowest BCUT2D eigenvalue weighted by Crippen LogP contribution is -2.37. The third-order valence-corrected chi connectivity index (χ3v) is 2.44. The molecule has 1 aromatic rings. The maximum Gasteiger partial charge on any atom is 0.214 e. The van der Waals surface area contributed by atoms with Gasteiger partial charge in [0.15, 0.2) is 0 Å². The molecular weight excluding hydrogens is 200 g/mol. The summed E-state index contributed by atoms with van der Waals surface area (Å²) in [6.45, 7) is 1.98. The molecule has 1 N–H and O–H groups in total. The Labute approximate surface area is 88.4 Å². The minimum atomic E-state index is 0.231. The highest BCUT2D eigenvalue weighted by Crippen LogP contribution is 2.15. The number of nitrogens with one attached hydrogen (secondary N) is 1. The predicted octanol–water partition coefficient (Wildman–Crippen LogP) is 1.87. The molecule has 1 aliphatic heterocycles. The molecule has 0 radical (unpaired) electrons. The van der Waals surface area contributed by atoms with Crippen LogP contribution in [-0.2, 0) is 0 Å². The number of hydrogen-bond donors (Lipinski definition) is 1. The Bertz CT molecular complexity index is 300. The van der Waals surface area contributed by atoms with E-state index in [1.807, 2.05) is 12.1 Å². The molecule has 0 amide bonds. The first-order valence-corrected chi connectivity index (χ1v) is 5.22. The number of nitrogens with zero attached hydrogens (tertiary/aromatic N) is 1. The Hall–Kier alpha value is -0.800. The van der Waals surface area contributed by atoms with Crippen molar-refractivity contribution >= 4 is 11.6 Å². The highest BCUT2D eigenvalue weighted by Gasteiger charge is 2.14. The number of ether oxygens (including phenoxy) is 1. The van der Waals surface area contributed by atoms with Gasteiger partial charge in [-0.15, -0.1) is 0 Å². The zero-order chi connectivity index (χ0) is 9.80. The van der Waals surface area contributed by atoms with E-state index >= 15 is 0 Å². The van der Waals surface area contributed by atoms with Crippen molar-refractivity contribution in [1.82, 2.24) is 10.3 Å². The van der Waals surface area contributed by atoms with E-state index in [-0.39, 0.29) is 6.10 Å². The highest BCUT2D eigenvalue weighted by molar-refractivity contribution is 6.29. The van der Waals surface area contributed by atoms with Crippen molar-refractivity contribution in [2.45, 2.75) is 18.9 Å². The van der Waals surface area contributed by atoms with Crippen LogP contribution < -0.4 is 10.1 Å². The Balaban J connectivity index is 1.95. The van der Waals surface area contributed by atoms with Crippen LogP contribution in [0.1, 0.15) is 12.8 Å². The zero-order valence-electron chi connectivity index (χ0n) is 7.87. The lowest BCUT2D eigenvalue weighted by Gasteiger charge is -2.23. The fraction of sp³-hybridized carbons (Fsp3) is 0.500. The van der Waals surface area contributed by atoms with Crippen molar-refractivity contribution in [1.29, 1.82) is 0 Å². The molecule has 0 saturated carbocycles. The third kappa shape index (κ3) is 2.59. The summed E-state index contributed by atoms with van der Waals surface area (Å²) in [6, 6.07) is 5.43. The molecule has 1 aliphatic rings. The second kappa shape index (κ2) is 4.62. The number of hydrogen-bond acceptors (Lipinski definition) is 3. The Morgan fingerprint density at radius 2 is 2.43 bits per heavy atom. The van der Waals surface area contributed by atoms with Crippen LogP contribution in [0.4, 0.5) is 0 Å². The molecule has 1 atom stereocenters. The first-order valence-electron chi connectivity index (χ1n) is 4.84. The standard InChI is InChI=1S/C10H13ClN2O/c11-9-4-1-5-10(13-9)14-8-3-2-6-12-7-8/h1,4-5,8,12H,2-3,6-7H2. The largest absolute Gasteiger partial charge is 0.473 e. The summed E-state index contributed by atoms with van der Waals surface area (Å²) in [7, 11) is 0. The summed E-state index contributed by atoms with van der Waals surface area (Å²) in [5.74, 6) is 0.617. The molecule has 1 saturated heterocycles. The molecule has 14 heavy (non-hydrogen) atoms. The summed E-state index contributed by atoms with van der Waals surface area (Å²) in [4.78, 5) is 4.08. The number of aromatic nitrogens is 1. The third-order valence-electron chi connectivity index (χ3n) is 2.23. The summed E-state index contributed by atoms with van der Waals surface area (Å²) < 4.78 is 5.68. The number of rotatable bonds is 2. The lowest BCUT2D eigenvalue weighted by atomic mass is 10.1. The van der Waals surface area contributed by atoms with Gasteiger partial charge in [-0.1, -0.05) is 17.7 Å². The Morgan fingerprint density at radius 1 is 1.50 bits per heavy atom. The van der Waals surface area contributed by atoms with Crippen molar-refractivity contribution in [3.05, 3.63) is 23.4 Å². The predicted molar refractivity (Wildman–Crippen MR) is 55.8 cm³/mol. The monoisotopic (exact) mass is 212 g/mol. The smallest absolute Gasteiger partial charge is 0.214 e. The van der Waals surface area contributed by atoms with Crippen molar-refractivity contribution in [2.75, 3.05) is 13.1 Å². The molecular formula is C10H13ClN2O. The van der Waals surface area contributed by atoms with Gasteiger partial charge in [0, 0.05) is 12.6 Å². The van der Waals surface area contributed by atoms with Gasteiger partial charge >= 0.3 is 0 Å². The molecule has 76 valence electrons. The van der Waals surface area contributed by atoms with Crippen LogP contribution in [0.25, 0.3) is 0 Å². The first kappa shape index (κ1) is 9.74. The molecule has 0 bridgehead atoms. The second-order valence-corrected chi connectivity index (χ2v) is 3.77. The minimum absolute atomic E-state index is 0.231. The van der Waals surface area contributed by atoms with Gasteiger partial charge in [0.25, 0.3) is 0 Å². The van der Waals surface area contributed by atoms with E-state index < -0.39 is 0 Å². The molecule has 3 nitrogen and oxygen atoms in total. The van der Waals surface area contributed by atoms with Gasteiger partial charge in [0.2, 0.25) is 5.88 Å². The first-order chi connectivity index (χ1) is 6.84. The quantitative estimate of drug-likeness (QED) is 0.760. The van der Waals surface area contributed by atoms with E-state index in [9.17, 15) is 0 Å². The SMILES string of the molecule is Clc1cccc(OC2CCCNC2)n1. The molecule has 1 aromatic heterocycles. The van der Waals surface area contributed by atoms with Gasteiger partial charge in [0.05, 0.1) is 0 Å². The van der Waals surface area contributed by atoms with Crippen molar-refractivity contribution in [3.63, 3.8) is 0 Å². The molecule has 0 aromatic carbocycles. The fourth-order valence-corrected chi connectivity index (χ4v) is 1.70. The van der Waals surface area contributed by atoms with Crippen molar-refractivity contribution in [3.8, 4) is 5.88 Å². The maximum atomic E-state index is 5.76. The lowest BCUT2D eigenvalue weighted by molar-refractivity contribution is 0.160. The second-order valence-electron chi connectivity index (χ2n) is 3.38. The van der Waals surface area contributed by atoms with Crippen LogP contribution in [0.5, 0.6) is 5.88 Å². The molecule has 1 unspecified atom stereocenters. The van der Waals surface area contributed by atoms with Crippen molar-refractivity contribution < 1.29 is 4.74 Å². The summed E-state index contributed by atoms with van der Waals surface area (Å²) in [5.41, 5.74) is 0. The van der Waals surface area contributed by atoms with Gasteiger partial charge in [-0.05, 0) is 25.5 Å². The maximum absolute atomic E-state index is 5.76.